The van der Waals surface area contributed by atoms with Crippen LogP contribution in [0.2, 0.25) is 0 Å². The third-order valence-electron chi connectivity index (χ3n) is 4.41. The molecule has 1 aliphatic heterocycles. The topological polar surface area (TPSA) is 56.7 Å². The van der Waals surface area contributed by atoms with Gasteiger partial charge < -0.3 is 15.5 Å². The number of benzene rings is 1. The fraction of sp³-hybridized carbons (Fsp3) is 0.600. The first-order chi connectivity index (χ1) is 11.9. The van der Waals surface area contributed by atoms with E-state index in [1.54, 1.807) is 7.05 Å². The summed E-state index contributed by atoms with van der Waals surface area (Å²) in [5, 5.41) is 6.15. The monoisotopic (exact) mass is 344 g/mol. The first-order valence-electron chi connectivity index (χ1n) is 9.18. The molecule has 0 saturated carbocycles. The summed E-state index contributed by atoms with van der Waals surface area (Å²) in [4.78, 5) is 18.6. The Morgan fingerprint density at radius 2 is 1.84 bits per heavy atom. The van der Waals surface area contributed by atoms with E-state index in [-0.39, 0.29) is 18.0 Å². The van der Waals surface area contributed by atoms with Crippen molar-refractivity contribution in [1.29, 1.82) is 0 Å². The zero-order chi connectivity index (χ0) is 18.3. The van der Waals surface area contributed by atoms with Crippen LogP contribution in [0.3, 0.4) is 0 Å². The number of hydrogen-bond acceptors (Lipinski definition) is 2. The summed E-state index contributed by atoms with van der Waals surface area (Å²) >= 11 is 0. The second-order valence-corrected chi connectivity index (χ2v) is 7.82. The maximum absolute atomic E-state index is 12.0. The van der Waals surface area contributed by atoms with Gasteiger partial charge in [0.2, 0.25) is 5.91 Å². The van der Waals surface area contributed by atoms with E-state index in [1.165, 1.54) is 5.56 Å². The lowest BCUT2D eigenvalue weighted by Gasteiger charge is -2.34. The number of carbonyl (C=O) groups excluding carboxylic acids is 1. The molecule has 0 bridgehead atoms. The van der Waals surface area contributed by atoms with Crippen LogP contribution >= 0.6 is 0 Å². The molecule has 1 amide bonds. The van der Waals surface area contributed by atoms with Gasteiger partial charge in [0.25, 0.3) is 0 Å². The number of rotatable bonds is 4. The Morgan fingerprint density at radius 1 is 1.20 bits per heavy atom. The number of guanidine groups is 1. The largest absolute Gasteiger partial charge is 0.350 e. The van der Waals surface area contributed by atoms with Gasteiger partial charge in [-0.1, -0.05) is 30.3 Å². The van der Waals surface area contributed by atoms with E-state index in [0.717, 1.165) is 44.2 Å². The molecular formula is C20H32N4O. The van der Waals surface area contributed by atoms with Crippen molar-refractivity contribution in [2.75, 3.05) is 26.7 Å². The third kappa shape index (κ3) is 6.77. The quantitative estimate of drug-likeness (QED) is 0.651. The van der Waals surface area contributed by atoms with Crippen LogP contribution in [0.5, 0.6) is 0 Å². The fourth-order valence-electron chi connectivity index (χ4n) is 3.25. The number of nitrogens with zero attached hydrogens (tertiary/aromatic N) is 2. The van der Waals surface area contributed by atoms with Gasteiger partial charge in [-0.05, 0) is 51.5 Å². The fourth-order valence-corrected chi connectivity index (χ4v) is 3.25. The van der Waals surface area contributed by atoms with Crippen LogP contribution in [-0.4, -0.2) is 49.0 Å². The van der Waals surface area contributed by atoms with E-state index in [0.29, 0.717) is 0 Å². The number of amides is 1. The molecule has 1 fully saturated rings. The van der Waals surface area contributed by atoms with Crippen LogP contribution in [0.25, 0.3) is 0 Å². The summed E-state index contributed by atoms with van der Waals surface area (Å²) in [5.74, 6) is 1.54. The Hall–Kier alpha value is -2.04. The van der Waals surface area contributed by atoms with Crippen molar-refractivity contribution < 1.29 is 4.79 Å². The Balaban J connectivity index is 1.77. The van der Waals surface area contributed by atoms with Crippen LogP contribution in [-0.2, 0) is 11.2 Å². The van der Waals surface area contributed by atoms with Gasteiger partial charge in [0.05, 0.1) is 6.54 Å². The number of hydrogen-bond donors (Lipinski definition) is 2. The molecule has 1 aromatic rings. The second kappa shape index (κ2) is 8.88. The lowest BCUT2D eigenvalue weighted by Crippen LogP contribution is -2.50. The summed E-state index contributed by atoms with van der Waals surface area (Å²) in [7, 11) is 1.78. The van der Waals surface area contributed by atoms with Crippen molar-refractivity contribution in [1.82, 2.24) is 15.5 Å². The standard InChI is InChI=1S/C20H32N4O/c1-20(2,3)23-18(25)15-22-19(21-4)24-12-10-17(11-13-24)14-16-8-6-5-7-9-16/h5-9,17H,10-15H2,1-4H3,(H,21,22)(H,23,25). The molecule has 25 heavy (non-hydrogen) atoms. The molecule has 1 aromatic carbocycles. The van der Waals surface area contributed by atoms with Crippen molar-refractivity contribution in [3.8, 4) is 0 Å². The molecule has 0 spiro atoms. The van der Waals surface area contributed by atoms with E-state index >= 15 is 0 Å². The summed E-state index contributed by atoms with van der Waals surface area (Å²) in [5.41, 5.74) is 1.21. The first kappa shape index (κ1) is 19.3. The van der Waals surface area contributed by atoms with Crippen LogP contribution in [0, 0.1) is 5.92 Å². The molecule has 5 heteroatoms. The third-order valence-corrected chi connectivity index (χ3v) is 4.41. The smallest absolute Gasteiger partial charge is 0.239 e. The summed E-state index contributed by atoms with van der Waals surface area (Å²) < 4.78 is 0. The predicted octanol–water partition coefficient (Wildman–Crippen LogP) is 2.43. The lowest BCUT2D eigenvalue weighted by molar-refractivity contribution is -0.121. The van der Waals surface area contributed by atoms with Crippen molar-refractivity contribution in [2.24, 2.45) is 10.9 Å². The van der Waals surface area contributed by atoms with Gasteiger partial charge in [0, 0.05) is 25.7 Å². The van der Waals surface area contributed by atoms with Gasteiger partial charge in [-0.15, -0.1) is 0 Å². The average molecular weight is 345 g/mol. The highest BCUT2D eigenvalue weighted by molar-refractivity contribution is 5.86. The number of aliphatic imine (C=N–C) groups is 1. The number of likely N-dealkylation sites (tertiary alicyclic amines) is 1. The van der Waals surface area contributed by atoms with E-state index in [1.807, 2.05) is 20.8 Å². The van der Waals surface area contributed by atoms with Gasteiger partial charge in [0.1, 0.15) is 0 Å². The molecule has 1 aliphatic rings. The predicted molar refractivity (Wildman–Crippen MR) is 104 cm³/mol. The van der Waals surface area contributed by atoms with Crippen LogP contribution in [0.1, 0.15) is 39.2 Å². The summed E-state index contributed by atoms with van der Waals surface area (Å²) in [6.07, 6.45) is 3.46. The molecule has 0 radical (unpaired) electrons. The normalized spacial score (nSPS) is 16.6. The molecule has 2 N–H and O–H groups in total. The molecule has 5 nitrogen and oxygen atoms in total. The summed E-state index contributed by atoms with van der Waals surface area (Å²) in [6.45, 7) is 8.18. The average Bonchev–Trinajstić information content (AvgIpc) is 2.56. The van der Waals surface area contributed by atoms with Crippen LogP contribution in [0.4, 0.5) is 0 Å². The van der Waals surface area contributed by atoms with E-state index in [9.17, 15) is 4.79 Å². The van der Waals surface area contributed by atoms with Gasteiger partial charge in [-0.2, -0.15) is 0 Å². The van der Waals surface area contributed by atoms with Gasteiger partial charge in [-0.25, -0.2) is 0 Å². The number of piperidine rings is 1. The Labute approximate surface area is 151 Å². The zero-order valence-electron chi connectivity index (χ0n) is 16.0. The molecule has 0 atom stereocenters. The van der Waals surface area contributed by atoms with Crippen LogP contribution in [0.15, 0.2) is 35.3 Å². The summed E-state index contributed by atoms with van der Waals surface area (Å²) in [6, 6.07) is 10.7. The Bertz CT molecular complexity index is 569. The minimum absolute atomic E-state index is 0.00684. The zero-order valence-corrected chi connectivity index (χ0v) is 16.0. The molecule has 1 saturated heterocycles. The number of carbonyl (C=O) groups is 1. The maximum atomic E-state index is 12.0. The molecule has 2 rings (SSSR count). The Kier molecular flexibility index (Phi) is 6.85. The molecule has 0 unspecified atom stereocenters. The van der Waals surface area contributed by atoms with Crippen molar-refractivity contribution in [3.63, 3.8) is 0 Å². The van der Waals surface area contributed by atoms with Crippen molar-refractivity contribution in [3.05, 3.63) is 35.9 Å². The second-order valence-electron chi connectivity index (χ2n) is 7.82. The molecule has 138 valence electrons. The van der Waals surface area contributed by atoms with Gasteiger partial charge in [0.15, 0.2) is 5.96 Å². The van der Waals surface area contributed by atoms with Gasteiger partial charge >= 0.3 is 0 Å². The van der Waals surface area contributed by atoms with Crippen molar-refractivity contribution in [2.45, 2.75) is 45.6 Å². The molecular weight excluding hydrogens is 312 g/mol. The lowest BCUT2D eigenvalue weighted by atomic mass is 9.90. The van der Waals surface area contributed by atoms with Crippen molar-refractivity contribution >= 4 is 11.9 Å². The molecule has 0 aliphatic carbocycles. The van der Waals surface area contributed by atoms with Crippen LogP contribution < -0.4 is 10.6 Å². The SMILES string of the molecule is CN=C(NCC(=O)NC(C)(C)C)N1CCC(Cc2ccccc2)CC1. The molecule has 1 heterocycles. The number of nitrogens with one attached hydrogen (secondary N) is 2. The van der Waals surface area contributed by atoms with Gasteiger partial charge in [-0.3, -0.25) is 9.79 Å². The van der Waals surface area contributed by atoms with E-state index < -0.39 is 0 Å². The maximum Gasteiger partial charge on any atom is 0.239 e. The minimum atomic E-state index is -0.210. The van der Waals surface area contributed by atoms with E-state index in [4.69, 9.17) is 0 Å². The minimum Gasteiger partial charge on any atom is -0.350 e. The highest BCUT2D eigenvalue weighted by Crippen LogP contribution is 2.21. The molecule has 0 aromatic heterocycles. The highest BCUT2D eigenvalue weighted by Gasteiger charge is 2.22. The highest BCUT2D eigenvalue weighted by atomic mass is 16.2. The first-order valence-corrected chi connectivity index (χ1v) is 9.18. The van der Waals surface area contributed by atoms with E-state index in [2.05, 4.69) is 50.9 Å². The Morgan fingerprint density at radius 3 is 2.40 bits per heavy atom.